The topological polar surface area (TPSA) is 72.5 Å². The third-order valence-corrected chi connectivity index (χ3v) is 7.70. The van der Waals surface area contributed by atoms with Gasteiger partial charge in [-0.25, -0.2) is 0 Å². The van der Waals surface area contributed by atoms with Gasteiger partial charge >= 0.3 is 0 Å². The van der Waals surface area contributed by atoms with Crippen molar-refractivity contribution in [1.29, 1.82) is 0 Å². The molecular weight excluding hydrogens is 420 g/mol. The number of benzene rings is 2. The van der Waals surface area contributed by atoms with Crippen LogP contribution in [0.3, 0.4) is 0 Å². The SMILES string of the molecule is CC(C)CC1C(=O)NC(C2Cc3ccccc3C2)C(=O)N1CCc1ccccc1[S+](C)[O-]. The molecule has 4 rings (SSSR count). The molecule has 1 aliphatic heterocycles. The van der Waals surface area contributed by atoms with Crippen LogP contribution in [-0.4, -0.2) is 46.2 Å². The number of nitrogens with zero attached hydrogens (tertiary/aromatic N) is 1. The summed E-state index contributed by atoms with van der Waals surface area (Å²) in [6, 6.07) is 15.0. The quantitative estimate of drug-likeness (QED) is 0.656. The fraction of sp³-hybridized carbons (Fsp3) is 0.462. The van der Waals surface area contributed by atoms with E-state index in [9.17, 15) is 14.1 Å². The van der Waals surface area contributed by atoms with Crippen LogP contribution in [-0.2, 0) is 40.0 Å². The third-order valence-electron chi connectivity index (χ3n) is 6.68. The van der Waals surface area contributed by atoms with E-state index in [1.165, 1.54) is 11.1 Å². The van der Waals surface area contributed by atoms with Crippen LogP contribution in [0.1, 0.15) is 37.0 Å². The van der Waals surface area contributed by atoms with E-state index in [1.54, 1.807) is 11.2 Å². The molecule has 2 aromatic carbocycles. The number of carbonyl (C=O) groups excluding carboxylic acids is 2. The molecule has 0 bridgehead atoms. The number of carbonyl (C=O) groups is 2. The van der Waals surface area contributed by atoms with Crippen molar-refractivity contribution in [2.45, 2.75) is 56.5 Å². The molecule has 1 saturated heterocycles. The summed E-state index contributed by atoms with van der Waals surface area (Å²) in [5.41, 5.74) is 3.52. The number of nitrogens with one attached hydrogen (secondary N) is 1. The number of hydrogen-bond donors (Lipinski definition) is 1. The molecule has 2 aliphatic rings. The maximum atomic E-state index is 13.7. The molecule has 0 saturated carbocycles. The molecule has 1 aliphatic carbocycles. The van der Waals surface area contributed by atoms with Crippen LogP contribution in [0.5, 0.6) is 0 Å². The zero-order chi connectivity index (χ0) is 22.8. The van der Waals surface area contributed by atoms with E-state index in [2.05, 4.69) is 31.3 Å². The minimum absolute atomic E-state index is 0.0168. The van der Waals surface area contributed by atoms with Crippen LogP contribution in [0.2, 0.25) is 0 Å². The number of piperazine rings is 1. The lowest BCUT2D eigenvalue weighted by atomic mass is 9.90. The Hall–Kier alpha value is -2.31. The second kappa shape index (κ2) is 9.67. The Morgan fingerprint density at radius 3 is 2.31 bits per heavy atom. The molecule has 0 spiro atoms. The van der Waals surface area contributed by atoms with Crippen molar-refractivity contribution in [3.8, 4) is 0 Å². The van der Waals surface area contributed by atoms with Crippen molar-refractivity contribution >= 4 is 23.0 Å². The zero-order valence-corrected chi connectivity index (χ0v) is 19.9. The predicted octanol–water partition coefficient (Wildman–Crippen LogP) is 3.12. The van der Waals surface area contributed by atoms with Gasteiger partial charge in [0.2, 0.25) is 11.8 Å². The molecule has 2 aromatic rings. The summed E-state index contributed by atoms with van der Waals surface area (Å²) in [5, 5.41) is 3.08. The van der Waals surface area contributed by atoms with Crippen LogP contribution < -0.4 is 5.32 Å². The highest BCUT2D eigenvalue weighted by Gasteiger charge is 2.44. The van der Waals surface area contributed by atoms with Crippen molar-refractivity contribution in [1.82, 2.24) is 10.2 Å². The van der Waals surface area contributed by atoms with Crippen LogP contribution in [0.4, 0.5) is 0 Å². The van der Waals surface area contributed by atoms with Crippen molar-refractivity contribution in [2.75, 3.05) is 12.8 Å². The Balaban J connectivity index is 1.55. The summed E-state index contributed by atoms with van der Waals surface area (Å²) in [5.74, 6) is 0.348. The minimum Gasteiger partial charge on any atom is -0.612 e. The normalized spacial score (nSPS) is 22.2. The van der Waals surface area contributed by atoms with E-state index in [4.69, 9.17) is 0 Å². The van der Waals surface area contributed by atoms with Gasteiger partial charge < -0.3 is 14.8 Å². The third kappa shape index (κ3) is 4.71. The molecule has 3 unspecified atom stereocenters. The highest BCUT2D eigenvalue weighted by molar-refractivity contribution is 7.90. The van der Waals surface area contributed by atoms with Gasteiger partial charge in [0, 0.05) is 12.1 Å². The Labute approximate surface area is 193 Å². The lowest BCUT2D eigenvalue weighted by molar-refractivity contribution is -0.151. The van der Waals surface area contributed by atoms with Gasteiger partial charge in [0.05, 0.1) is 0 Å². The van der Waals surface area contributed by atoms with Gasteiger partial charge in [0.15, 0.2) is 4.90 Å². The highest BCUT2D eigenvalue weighted by Crippen LogP contribution is 2.32. The Morgan fingerprint density at radius 2 is 1.69 bits per heavy atom. The first kappa shape index (κ1) is 22.9. The number of rotatable bonds is 7. The Morgan fingerprint density at radius 1 is 1.06 bits per heavy atom. The van der Waals surface area contributed by atoms with E-state index in [0.29, 0.717) is 25.3 Å². The molecule has 0 aromatic heterocycles. The highest BCUT2D eigenvalue weighted by atomic mass is 32.2. The van der Waals surface area contributed by atoms with Gasteiger partial charge in [-0.2, -0.15) is 0 Å². The smallest absolute Gasteiger partial charge is 0.246 e. The summed E-state index contributed by atoms with van der Waals surface area (Å²) in [6.07, 6.45) is 4.52. The molecule has 1 heterocycles. The lowest BCUT2D eigenvalue weighted by Crippen LogP contribution is -2.65. The summed E-state index contributed by atoms with van der Waals surface area (Å²) < 4.78 is 12.1. The molecule has 1 fully saturated rings. The summed E-state index contributed by atoms with van der Waals surface area (Å²) in [6.45, 7) is 4.60. The predicted molar refractivity (Wildman–Crippen MR) is 127 cm³/mol. The summed E-state index contributed by atoms with van der Waals surface area (Å²) >= 11 is -1.09. The second-order valence-electron chi connectivity index (χ2n) is 9.41. The maximum Gasteiger partial charge on any atom is 0.246 e. The molecule has 0 radical (unpaired) electrons. The number of fused-ring (bicyclic) bond motifs is 1. The van der Waals surface area contributed by atoms with E-state index >= 15 is 0 Å². The molecule has 1 N–H and O–H groups in total. The summed E-state index contributed by atoms with van der Waals surface area (Å²) in [4.78, 5) is 29.4. The fourth-order valence-corrected chi connectivity index (χ4v) is 5.92. The van der Waals surface area contributed by atoms with E-state index in [1.807, 2.05) is 36.4 Å². The van der Waals surface area contributed by atoms with Crippen molar-refractivity contribution in [3.05, 3.63) is 65.2 Å². The van der Waals surface area contributed by atoms with Gasteiger partial charge in [-0.3, -0.25) is 9.59 Å². The number of hydrogen-bond acceptors (Lipinski definition) is 3. The lowest BCUT2D eigenvalue weighted by Gasteiger charge is -2.41. The first-order chi connectivity index (χ1) is 15.3. The Kier molecular flexibility index (Phi) is 6.91. The fourth-order valence-electron chi connectivity index (χ4n) is 5.11. The molecule has 6 heteroatoms. The molecule has 170 valence electrons. The Bertz CT molecular complexity index is 966. The largest absolute Gasteiger partial charge is 0.612 e. The minimum atomic E-state index is -1.09. The molecule has 2 amide bonds. The van der Waals surface area contributed by atoms with Gasteiger partial charge in [-0.1, -0.05) is 56.3 Å². The average molecular weight is 453 g/mol. The van der Waals surface area contributed by atoms with Gasteiger partial charge in [-0.05, 0) is 65.9 Å². The van der Waals surface area contributed by atoms with Crippen molar-refractivity contribution < 1.29 is 14.1 Å². The van der Waals surface area contributed by atoms with E-state index in [-0.39, 0.29) is 17.7 Å². The monoisotopic (exact) mass is 452 g/mol. The zero-order valence-electron chi connectivity index (χ0n) is 19.0. The van der Waals surface area contributed by atoms with Crippen molar-refractivity contribution in [2.24, 2.45) is 11.8 Å². The van der Waals surface area contributed by atoms with E-state index < -0.39 is 23.3 Å². The first-order valence-corrected chi connectivity index (χ1v) is 13.0. The van der Waals surface area contributed by atoms with E-state index in [0.717, 1.165) is 23.3 Å². The molecular formula is C26H32N2O3S. The second-order valence-corrected chi connectivity index (χ2v) is 10.8. The molecule has 3 atom stereocenters. The van der Waals surface area contributed by atoms with Gasteiger partial charge in [0.25, 0.3) is 0 Å². The first-order valence-electron chi connectivity index (χ1n) is 11.4. The summed E-state index contributed by atoms with van der Waals surface area (Å²) in [7, 11) is 0. The van der Waals surface area contributed by atoms with Gasteiger partial charge in [-0.15, -0.1) is 0 Å². The molecule has 5 nitrogen and oxygen atoms in total. The standard InChI is InChI=1S/C26H32N2O3S/c1-17(2)14-22-25(29)27-24(21-15-19-9-4-5-10-20(19)16-21)26(30)28(22)13-12-18-8-6-7-11-23(18)32(3)31/h4-11,17,21-22,24H,12-16H2,1-3H3,(H,27,29). The molecule has 32 heavy (non-hydrogen) atoms. The van der Waals surface area contributed by atoms with Crippen LogP contribution in [0, 0.1) is 11.8 Å². The van der Waals surface area contributed by atoms with Crippen LogP contribution in [0.25, 0.3) is 0 Å². The average Bonchev–Trinajstić information content (AvgIpc) is 3.19. The van der Waals surface area contributed by atoms with Gasteiger partial charge in [0.1, 0.15) is 18.3 Å². The number of amides is 2. The maximum absolute atomic E-state index is 13.7. The van der Waals surface area contributed by atoms with Crippen LogP contribution in [0.15, 0.2) is 53.4 Å². The van der Waals surface area contributed by atoms with Crippen molar-refractivity contribution in [3.63, 3.8) is 0 Å². The van der Waals surface area contributed by atoms with Crippen LogP contribution >= 0.6 is 0 Å².